The highest BCUT2D eigenvalue weighted by Crippen LogP contribution is 2.38. The number of aromatic nitrogens is 3. The van der Waals surface area contributed by atoms with Crippen LogP contribution in [0, 0.1) is 11.3 Å². The monoisotopic (exact) mass is 503 g/mol. The zero-order chi connectivity index (χ0) is 26.0. The van der Waals surface area contributed by atoms with E-state index >= 15 is 0 Å². The molecule has 7 nitrogen and oxygen atoms in total. The molecule has 1 aromatic heterocycles. The fourth-order valence-corrected chi connectivity index (χ4v) is 4.59. The van der Waals surface area contributed by atoms with Crippen molar-refractivity contribution in [3.05, 3.63) is 87.6 Å². The van der Waals surface area contributed by atoms with Crippen LogP contribution in [0.4, 0.5) is 17.6 Å². The van der Waals surface area contributed by atoms with E-state index in [4.69, 9.17) is 4.74 Å². The maximum Gasteiger partial charge on any atom is 0.416 e. The van der Waals surface area contributed by atoms with Crippen LogP contribution in [0.1, 0.15) is 48.1 Å². The van der Waals surface area contributed by atoms with Crippen LogP contribution in [-0.4, -0.2) is 27.9 Å². The first-order valence-electron chi connectivity index (χ1n) is 11.4. The van der Waals surface area contributed by atoms with Crippen molar-refractivity contribution >= 4 is 0 Å². The van der Waals surface area contributed by atoms with E-state index in [0.717, 1.165) is 17.7 Å². The summed E-state index contributed by atoms with van der Waals surface area (Å²) in [5.74, 6) is 0. The van der Waals surface area contributed by atoms with E-state index in [1.165, 1.54) is 17.0 Å². The lowest BCUT2D eigenvalue weighted by atomic mass is 9.76. The van der Waals surface area contributed by atoms with Crippen LogP contribution in [0.3, 0.4) is 0 Å². The molecule has 4 rings (SSSR count). The molecule has 1 fully saturated rings. The van der Waals surface area contributed by atoms with Gasteiger partial charge in [-0.2, -0.15) is 23.5 Å². The first kappa shape index (κ1) is 25.6. The van der Waals surface area contributed by atoms with Gasteiger partial charge in [0.05, 0.1) is 29.9 Å². The number of nitrogens with zero attached hydrogens (tertiary/aromatic N) is 3. The van der Waals surface area contributed by atoms with Crippen molar-refractivity contribution < 1.29 is 22.3 Å². The molecule has 11 heteroatoms. The average Bonchev–Trinajstić information content (AvgIpc) is 3.33. The van der Waals surface area contributed by atoms with Crippen molar-refractivity contribution in [1.82, 2.24) is 20.1 Å². The number of halogens is 4. The van der Waals surface area contributed by atoms with Gasteiger partial charge in [0.15, 0.2) is 0 Å². The van der Waals surface area contributed by atoms with Crippen LogP contribution < -0.4 is 11.0 Å². The van der Waals surface area contributed by atoms with Crippen LogP contribution in [0.2, 0.25) is 0 Å². The highest BCUT2D eigenvalue weighted by atomic mass is 19.4. The number of hydrogen-bond donors (Lipinski definition) is 2. The van der Waals surface area contributed by atoms with Crippen molar-refractivity contribution in [2.24, 2.45) is 0 Å². The van der Waals surface area contributed by atoms with E-state index in [2.05, 4.69) is 21.6 Å². The lowest BCUT2D eigenvalue weighted by molar-refractivity contribution is -0.137. The molecule has 1 saturated heterocycles. The van der Waals surface area contributed by atoms with E-state index in [1.54, 1.807) is 6.92 Å². The molecule has 2 heterocycles. The van der Waals surface area contributed by atoms with Gasteiger partial charge >= 0.3 is 11.9 Å². The number of rotatable bonds is 7. The third kappa shape index (κ3) is 4.92. The Morgan fingerprint density at radius 1 is 1.22 bits per heavy atom. The van der Waals surface area contributed by atoms with Gasteiger partial charge in [0.2, 0.25) is 0 Å². The maximum absolute atomic E-state index is 13.3. The average molecular weight is 504 g/mol. The zero-order valence-corrected chi connectivity index (χ0v) is 19.5. The number of aromatic amines is 1. The lowest BCUT2D eigenvalue weighted by Gasteiger charge is -2.45. The maximum atomic E-state index is 13.3. The Balaban J connectivity index is 1.60. The summed E-state index contributed by atoms with van der Waals surface area (Å²) in [6, 6.07) is 14.7. The zero-order valence-electron chi connectivity index (χ0n) is 19.5. The van der Waals surface area contributed by atoms with Gasteiger partial charge in [0, 0.05) is 6.54 Å². The van der Waals surface area contributed by atoms with Gasteiger partial charge in [-0.1, -0.05) is 36.4 Å². The Morgan fingerprint density at radius 3 is 2.53 bits per heavy atom. The molecule has 190 valence electrons. The van der Waals surface area contributed by atoms with E-state index in [9.17, 15) is 27.6 Å². The molecule has 0 spiro atoms. The summed E-state index contributed by atoms with van der Waals surface area (Å²) in [5.41, 5.74) is -2.35. The number of piperidine rings is 1. The van der Waals surface area contributed by atoms with E-state index in [-0.39, 0.29) is 24.3 Å². The van der Waals surface area contributed by atoms with Crippen molar-refractivity contribution in [3.63, 3.8) is 0 Å². The molecule has 2 N–H and O–H groups in total. The van der Waals surface area contributed by atoms with E-state index in [1.807, 2.05) is 30.3 Å². The Kier molecular flexibility index (Phi) is 7.02. The number of nitriles is 1. The summed E-state index contributed by atoms with van der Waals surface area (Å²) in [7, 11) is 0. The first-order chi connectivity index (χ1) is 17.1. The summed E-state index contributed by atoms with van der Waals surface area (Å²) in [5, 5.41) is 19.4. The molecule has 0 unspecified atom stereocenters. The molecule has 0 bridgehead atoms. The van der Waals surface area contributed by atoms with Crippen molar-refractivity contribution in [2.45, 2.75) is 49.8 Å². The smallest absolute Gasteiger partial charge is 0.372 e. The molecule has 3 atom stereocenters. The highest BCUT2D eigenvalue weighted by molar-refractivity contribution is 5.33. The molecule has 0 radical (unpaired) electrons. The van der Waals surface area contributed by atoms with Gasteiger partial charge in [0.1, 0.15) is 18.5 Å². The lowest BCUT2D eigenvalue weighted by Crippen LogP contribution is -2.59. The number of benzene rings is 2. The quantitative estimate of drug-likeness (QED) is 0.468. The molecule has 36 heavy (non-hydrogen) atoms. The topological polar surface area (TPSA) is 95.7 Å². The Morgan fingerprint density at radius 2 is 1.97 bits per heavy atom. The van der Waals surface area contributed by atoms with E-state index in [0.29, 0.717) is 12.8 Å². The third-order valence-corrected chi connectivity index (χ3v) is 6.78. The van der Waals surface area contributed by atoms with Crippen molar-refractivity contribution in [3.8, 4) is 6.07 Å². The first-order valence-corrected chi connectivity index (χ1v) is 11.4. The molecule has 2 aromatic carbocycles. The number of alkyl halides is 4. The van der Waals surface area contributed by atoms with Crippen LogP contribution in [-0.2, 0) is 28.7 Å². The second-order valence-corrected chi connectivity index (χ2v) is 9.02. The fraction of sp³-hybridized carbons (Fsp3) is 0.400. The molecule has 0 aliphatic carbocycles. The molecule has 3 aromatic rings. The Labute approximate surface area is 204 Å². The Bertz CT molecular complexity index is 1290. The minimum atomic E-state index is -4.61. The van der Waals surface area contributed by atoms with Gasteiger partial charge in [-0.05, 0) is 48.6 Å². The SMILES string of the molecule is C[C@@H](OC[C@@]1(c2ccccc2)CC[C@](C#N)(n2cn[nH]c2=O)CN1)c1cc(CF)cc(C(F)(F)F)c1. The van der Waals surface area contributed by atoms with Crippen LogP contribution in [0.5, 0.6) is 0 Å². The van der Waals surface area contributed by atoms with Gasteiger partial charge in [0.25, 0.3) is 0 Å². The van der Waals surface area contributed by atoms with Crippen molar-refractivity contribution in [2.75, 3.05) is 13.2 Å². The molecule has 0 saturated carbocycles. The summed E-state index contributed by atoms with van der Waals surface area (Å²) < 4.78 is 60.6. The summed E-state index contributed by atoms with van der Waals surface area (Å²) in [6.45, 7) is 0.776. The predicted molar refractivity (Wildman–Crippen MR) is 122 cm³/mol. The molecule has 0 amide bonds. The largest absolute Gasteiger partial charge is 0.416 e. The second kappa shape index (κ2) is 9.87. The summed E-state index contributed by atoms with van der Waals surface area (Å²) >= 11 is 0. The number of nitrogens with one attached hydrogen (secondary N) is 2. The Hall–Kier alpha value is -3.49. The second-order valence-electron chi connectivity index (χ2n) is 9.02. The molecular weight excluding hydrogens is 478 g/mol. The number of H-pyrrole nitrogens is 1. The normalized spacial score (nSPS) is 23.2. The summed E-state index contributed by atoms with van der Waals surface area (Å²) in [4.78, 5) is 12.2. The highest BCUT2D eigenvalue weighted by Gasteiger charge is 2.46. The van der Waals surface area contributed by atoms with Crippen LogP contribution in [0.15, 0.2) is 59.7 Å². The molecule has 1 aliphatic heterocycles. The minimum absolute atomic E-state index is 0.0706. The van der Waals surface area contributed by atoms with Gasteiger partial charge in [-0.15, -0.1) is 0 Å². The van der Waals surface area contributed by atoms with Crippen molar-refractivity contribution in [1.29, 1.82) is 5.26 Å². The number of ether oxygens (including phenoxy) is 1. The molecule has 1 aliphatic rings. The van der Waals surface area contributed by atoms with Crippen LogP contribution in [0.25, 0.3) is 0 Å². The predicted octanol–water partition coefficient (Wildman–Crippen LogP) is 4.34. The van der Waals surface area contributed by atoms with E-state index < -0.39 is 41.3 Å². The minimum Gasteiger partial charge on any atom is -0.372 e. The van der Waals surface area contributed by atoms with Gasteiger partial charge in [-0.25, -0.2) is 14.3 Å². The molecular formula is C25H25F4N5O2. The standard InChI is InChI=1S/C25H25F4N5O2/c1-17(19-9-18(12-26)10-21(11-19)25(27,28)29)36-15-24(20-5-3-2-4-6-20)8-7-23(13-30,14-31-24)34-16-32-33-22(34)35/h2-6,9-11,16-17,31H,7-8,12,14-15H2,1H3,(H,33,35)/t17-,23-,24-/m1/s1. The van der Waals surface area contributed by atoms with Gasteiger partial charge in [-0.3, -0.25) is 4.57 Å². The number of hydrogen-bond acceptors (Lipinski definition) is 5. The summed E-state index contributed by atoms with van der Waals surface area (Å²) in [6.07, 6.45) is -3.39. The van der Waals surface area contributed by atoms with Crippen LogP contribution >= 0.6 is 0 Å². The third-order valence-electron chi connectivity index (χ3n) is 6.78. The van der Waals surface area contributed by atoms with Gasteiger partial charge < -0.3 is 10.1 Å². The fourth-order valence-electron chi connectivity index (χ4n) is 4.59.